The maximum absolute atomic E-state index is 13.9. The molecule has 1 unspecified atom stereocenters. The number of aliphatic hydroxyl groups excluding tert-OH is 1. The van der Waals surface area contributed by atoms with E-state index in [2.05, 4.69) is 4.72 Å². The Balaban J connectivity index is 2.16. The normalized spacial score (nSPS) is 18.9. The van der Waals surface area contributed by atoms with E-state index in [-0.39, 0.29) is 18.6 Å². The number of nitrogens with one attached hydrogen (secondary N) is 1. The summed E-state index contributed by atoms with van der Waals surface area (Å²) in [6.45, 7) is 0.965. The number of hydrogen-bond donors (Lipinski definition) is 3. The first-order valence-corrected chi connectivity index (χ1v) is 7.00. The molecular formula is C12H16FNO4S. The first-order valence-electron chi connectivity index (χ1n) is 5.89. The van der Waals surface area contributed by atoms with E-state index in [0.717, 1.165) is 5.56 Å². The van der Waals surface area contributed by atoms with Gasteiger partial charge < -0.3 is 9.84 Å². The van der Waals surface area contributed by atoms with Gasteiger partial charge >= 0.3 is 0 Å². The van der Waals surface area contributed by atoms with Gasteiger partial charge in [-0.3, -0.25) is 4.55 Å². The molecule has 0 radical (unpaired) electrons. The van der Waals surface area contributed by atoms with E-state index in [1.54, 1.807) is 12.1 Å². The summed E-state index contributed by atoms with van der Waals surface area (Å²) in [6.07, 6.45) is 0.532. The summed E-state index contributed by atoms with van der Waals surface area (Å²) in [6, 6.07) is 4.77. The smallest absolute Gasteiger partial charge is 0.232 e. The van der Waals surface area contributed by atoms with E-state index < -0.39 is 17.1 Å². The summed E-state index contributed by atoms with van der Waals surface area (Å²) in [5.74, 6) is -0.431. The first-order chi connectivity index (χ1) is 9.07. The number of aliphatic hydroxyl groups is 1. The van der Waals surface area contributed by atoms with Crippen LogP contribution in [-0.2, 0) is 28.0 Å². The van der Waals surface area contributed by atoms with Crippen LogP contribution in [0.4, 0.5) is 4.39 Å². The highest BCUT2D eigenvalue weighted by Gasteiger charge is 2.40. The lowest BCUT2D eigenvalue weighted by Crippen LogP contribution is -2.47. The van der Waals surface area contributed by atoms with Crippen LogP contribution < -0.4 is 4.72 Å². The van der Waals surface area contributed by atoms with Crippen molar-refractivity contribution in [1.29, 1.82) is 0 Å². The second-order valence-corrected chi connectivity index (χ2v) is 5.41. The van der Waals surface area contributed by atoms with E-state index in [9.17, 15) is 8.60 Å². The molecule has 1 saturated heterocycles. The lowest BCUT2D eigenvalue weighted by Gasteiger charge is -2.41. The molecule has 0 bridgehead atoms. The highest BCUT2D eigenvalue weighted by atomic mass is 32.2. The Morgan fingerprint density at radius 1 is 1.47 bits per heavy atom. The number of benzene rings is 1. The number of hydrogen-bond acceptors (Lipinski definition) is 3. The van der Waals surface area contributed by atoms with Crippen molar-refractivity contribution in [2.75, 3.05) is 19.8 Å². The highest BCUT2D eigenvalue weighted by molar-refractivity contribution is 7.77. The van der Waals surface area contributed by atoms with Crippen molar-refractivity contribution >= 4 is 11.3 Å². The minimum atomic E-state index is -2.16. The second kappa shape index (κ2) is 6.06. The van der Waals surface area contributed by atoms with Gasteiger partial charge in [0.05, 0.1) is 13.2 Å². The topological polar surface area (TPSA) is 78.8 Å². The third kappa shape index (κ3) is 3.18. The van der Waals surface area contributed by atoms with Crippen LogP contribution in [0.2, 0.25) is 0 Å². The van der Waals surface area contributed by atoms with Crippen molar-refractivity contribution in [3.05, 3.63) is 35.1 Å². The molecule has 1 heterocycles. The fraction of sp³-hybridized carbons (Fsp3) is 0.500. The largest absolute Gasteiger partial charge is 0.396 e. The van der Waals surface area contributed by atoms with E-state index in [0.29, 0.717) is 25.2 Å². The molecule has 1 aromatic carbocycles. The van der Waals surface area contributed by atoms with Gasteiger partial charge in [-0.1, -0.05) is 12.1 Å². The Morgan fingerprint density at radius 2 is 2.21 bits per heavy atom. The molecule has 3 N–H and O–H groups in total. The van der Waals surface area contributed by atoms with Gasteiger partial charge in [0.2, 0.25) is 11.3 Å². The van der Waals surface area contributed by atoms with Crippen LogP contribution in [0, 0.1) is 5.82 Å². The molecule has 1 aliphatic rings. The molecule has 19 heavy (non-hydrogen) atoms. The van der Waals surface area contributed by atoms with Crippen molar-refractivity contribution in [2.45, 2.75) is 18.4 Å². The summed E-state index contributed by atoms with van der Waals surface area (Å²) < 4.78 is 40.4. The molecule has 1 aromatic rings. The zero-order valence-corrected chi connectivity index (χ0v) is 11.1. The minimum Gasteiger partial charge on any atom is -0.396 e. The summed E-state index contributed by atoms with van der Waals surface area (Å²) >= 11 is -2.16. The van der Waals surface area contributed by atoms with Crippen LogP contribution in [0.1, 0.15) is 17.5 Å². The quantitative estimate of drug-likeness (QED) is 0.674. The number of rotatable bonds is 6. The van der Waals surface area contributed by atoms with Gasteiger partial charge in [-0.05, 0) is 18.1 Å². The third-order valence-corrected chi connectivity index (χ3v) is 3.79. The molecule has 0 aliphatic carbocycles. The molecule has 7 heteroatoms. The van der Waals surface area contributed by atoms with Crippen molar-refractivity contribution in [1.82, 2.24) is 4.72 Å². The van der Waals surface area contributed by atoms with Gasteiger partial charge in [0.15, 0.2) is 0 Å². The molecule has 0 spiro atoms. The second-order valence-electron chi connectivity index (χ2n) is 4.62. The molecule has 1 atom stereocenters. The van der Waals surface area contributed by atoms with Gasteiger partial charge in [0, 0.05) is 24.1 Å². The van der Waals surface area contributed by atoms with E-state index in [1.807, 2.05) is 0 Å². The standard InChI is InChI=1S/C12H16FNO4S/c13-11-5-10(12(3-4-15)7-18-8-12)2-1-9(11)6-14-19(16)17/h1-2,5,14-15H,3-4,6-8H2,(H,16,17). The molecular weight excluding hydrogens is 273 g/mol. The zero-order chi connectivity index (χ0) is 13.9. The summed E-state index contributed by atoms with van der Waals surface area (Å²) in [5.41, 5.74) is 0.811. The fourth-order valence-electron chi connectivity index (χ4n) is 2.18. The van der Waals surface area contributed by atoms with Crippen LogP contribution in [-0.4, -0.2) is 33.7 Å². The monoisotopic (exact) mass is 289 g/mol. The van der Waals surface area contributed by atoms with Crippen molar-refractivity contribution < 1.29 is 23.0 Å². The van der Waals surface area contributed by atoms with Crippen molar-refractivity contribution in [3.63, 3.8) is 0 Å². The minimum absolute atomic E-state index is 0.0152. The van der Waals surface area contributed by atoms with Gasteiger partial charge in [-0.2, -0.15) is 0 Å². The lowest BCUT2D eigenvalue weighted by atomic mass is 9.76. The summed E-state index contributed by atoms with van der Waals surface area (Å²) in [4.78, 5) is 0. The molecule has 106 valence electrons. The van der Waals surface area contributed by atoms with Gasteiger partial charge in [-0.25, -0.2) is 13.3 Å². The Labute approximate surface area is 113 Å². The third-order valence-electron chi connectivity index (χ3n) is 3.40. The highest BCUT2D eigenvalue weighted by Crippen LogP contribution is 2.36. The average Bonchev–Trinajstić information content (AvgIpc) is 2.32. The van der Waals surface area contributed by atoms with Crippen LogP contribution in [0.25, 0.3) is 0 Å². The summed E-state index contributed by atoms with van der Waals surface area (Å²) in [5, 5.41) is 9.08. The molecule has 2 rings (SSSR count). The molecule has 0 saturated carbocycles. The fourth-order valence-corrected chi connectivity index (χ4v) is 2.46. The van der Waals surface area contributed by atoms with Crippen LogP contribution >= 0.6 is 0 Å². The first kappa shape index (κ1) is 14.5. The lowest BCUT2D eigenvalue weighted by molar-refractivity contribution is -0.0702. The van der Waals surface area contributed by atoms with Crippen molar-refractivity contribution in [3.8, 4) is 0 Å². The molecule has 0 aromatic heterocycles. The number of ether oxygens (including phenoxy) is 1. The van der Waals surface area contributed by atoms with E-state index in [1.165, 1.54) is 6.07 Å². The van der Waals surface area contributed by atoms with E-state index in [4.69, 9.17) is 14.4 Å². The predicted octanol–water partition coefficient (Wildman–Crippen LogP) is 0.702. The van der Waals surface area contributed by atoms with Gasteiger partial charge in [-0.15, -0.1) is 0 Å². The zero-order valence-electron chi connectivity index (χ0n) is 10.3. The predicted molar refractivity (Wildman–Crippen MR) is 68.2 cm³/mol. The molecule has 5 nitrogen and oxygen atoms in total. The average molecular weight is 289 g/mol. The van der Waals surface area contributed by atoms with E-state index >= 15 is 0 Å². The SMILES string of the molecule is O=S(O)NCc1ccc(C2(CCO)COC2)cc1F. The molecule has 1 fully saturated rings. The van der Waals surface area contributed by atoms with Crippen molar-refractivity contribution in [2.24, 2.45) is 0 Å². The Morgan fingerprint density at radius 3 is 2.68 bits per heavy atom. The maximum atomic E-state index is 13.9. The number of halogens is 1. The van der Waals surface area contributed by atoms with Gasteiger partial charge in [0.25, 0.3) is 0 Å². The van der Waals surface area contributed by atoms with Crippen LogP contribution in [0.3, 0.4) is 0 Å². The summed E-state index contributed by atoms with van der Waals surface area (Å²) in [7, 11) is 0. The van der Waals surface area contributed by atoms with Crippen LogP contribution in [0.5, 0.6) is 0 Å². The Hall–Kier alpha value is -0.860. The van der Waals surface area contributed by atoms with Gasteiger partial charge in [0.1, 0.15) is 5.82 Å². The Kier molecular flexibility index (Phi) is 4.64. The molecule has 1 aliphatic heterocycles. The Bertz CT molecular complexity index is 479. The molecule has 0 amide bonds. The van der Waals surface area contributed by atoms with Crippen LogP contribution in [0.15, 0.2) is 18.2 Å². The maximum Gasteiger partial charge on any atom is 0.232 e.